The third-order valence-corrected chi connectivity index (χ3v) is 10.8. The van der Waals surface area contributed by atoms with Crippen LogP contribution in [-0.2, 0) is 28.6 Å². The number of carbonyl (C=O) groups is 3. The minimum Gasteiger partial charge on any atom is -0.462 e. The van der Waals surface area contributed by atoms with Gasteiger partial charge in [-0.05, 0) is 25.2 Å². The van der Waals surface area contributed by atoms with Gasteiger partial charge in [0.05, 0.1) is 0 Å². The Hall–Kier alpha value is -1.59. The van der Waals surface area contributed by atoms with Crippen LogP contribution in [0.15, 0.2) is 0 Å². The van der Waals surface area contributed by atoms with Crippen LogP contribution in [0.25, 0.3) is 0 Å². The first-order chi connectivity index (χ1) is 26.4. The highest BCUT2D eigenvalue weighted by Crippen LogP contribution is 2.16. The Balaban J connectivity index is 4.26. The first-order valence-corrected chi connectivity index (χ1v) is 23.9. The fourth-order valence-electron chi connectivity index (χ4n) is 7.16. The van der Waals surface area contributed by atoms with Crippen LogP contribution in [0.2, 0.25) is 0 Å². The summed E-state index contributed by atoms with van der Waals surface area (Å²) in [4.78, 5) is 37.7. The largest absolute Gasteiger partial charge is 0.462 e. The van der Waals surface area contributed by atoms with Gasteiger partial charge in [0, 0.05) is 19.3 Å². The molecule has 0 spiro atoms. The molecule has 0 rings (SSSR count). The van der Waals surface area contributed by atoms with E-state index in [1.54, 1.807) is 0 Å². The predicted molar refractivity (Wildman–Crippen MR) is 229 cm³/mol. The first-order valence-electron chi connectivity index (χ1n) is 23.9. The zero-order valence-electron chi connectivity index (χ0n) is 36.7. The lowest BCUT2D eigenvalue weighted by molar-refractivity contribution is -0.167. The lowest BCUT2D eigenvalue weighted by atomic mass is 10.0. The molecule has 1 atom stereocenters. The average molecular weight is 765 g/mol. The summed E-state index contributed by atoms with van der Waals surface area (Å²) in [5, 5.41) is 0. The van der Waals surface area contributed by atoms with Crippen LogP contribution in [0.1, 0.15) is 265 Å². The third kappa shape index (κ3) is 41.6. The van der Waals surface area contributed by atoms with Gasteiger partial charge >= 0.3 is 17.9 Å². The van der Waals surface area contributed by atoms with Crippen LogP contribution in [0.5, 0.6) is 0 Å². The maximum Gasteiger partial charge on any atom is 0.306 e. The molecule has 0 N–H and O–H groups in total. The number of hydrogen-bond donors (Lipinski definition) is 0. The standard InChI is InChI=1S/C48H92O6/c1-5-7-9-11-13-15-16-17-18-19-20-21-22-24-28-33-37-41-48(51)54-45(42-52-46(49)39-35-31-27-23-14-12-10-8-6-2)43-53-47(50)40-36-32-29-25-26-30-34-38-44(3)4/h44-45H,5-43H2,1-4H3/t45-/m1/s1. The van der Waals surface area contributed by atoms with Crippen molar-refractivity contribution in [2.24, 2.45) is 5.92 Å². The van der Waals surface area contributed by atoms with E-state index >= 15 is 0 Å². The summed E-state index contributed by atoms with van der Waals surface area (Å²) in [5.41, 5.74) is 0. The third-order valence-electron chi connectivity index (χ3n) is 10.8. The number of hydrogen-bond acceptors (Lipinski definition) is 6. The van der Waals surface area contributed by atoms with Gasteiger partial charge in [0.1, 0.15) is 13.2 Å². The second-order valence-corrected chi connectivity index (χ2v) is 16.9. The van der Waals surface area contributed by atoms with Gasteiger partial charge < -0.3 is 14.2 Å². The molecule has 0 aromatic heterocycles. The van der Waals surface area contributed by atoms with Crippen LogP contribution < -0.4 is 0 Å². The van der Waals surface area contributed by atoms with Crippen molar-refractivity contribution in [2.75, 3.05) is 13.2 Å². The summed E-state index contributed by atoms with van der Waals surface area (Å²) in [5.74, 6) is -0.0745. The van der Waals surface area contributed by atoms with Crippen LogP contribution in [0.3, 0.4) is 0 Å². The number of carbonyl (C=O) groups excluding carboxylic acids is 3. The van der Waals surface area contributed by atoms with Gasteiger partial charge in [0.15, 0.2) is 6.10 Å². The Kier molecular flexibility index (Phi) is 41.3. The molecule has 0 aliphatic heterocycles. The van der Waals surface area contributed by atoms with E-state index in [-0.39, 0.29) is 31.1 Å². The highest BCUT2D eigenvalue weighted by Gasteiger charge is 2.19. The van der Waals surface area contributed by atoms with Crippen molar-refractivity contribution in [1.82, 2.24) is 0 Å². The SMILES string of the molecule is CCCCCCCCCCCCCCCCCCCC(=O)O[C@H](COC(=O)CCCCCCCCCCC)COC(=O)CCCCCCCCCC(C)C. The van der Waals surface area contributed by atoms with Crippen LogP contribution >= 0.6 is 0 Å². The highest BCUT2D eigenvalue weighted by molar-refractivity contribution is 5.71. The Morgan fingerprint density at radius 3 is 0.907 bits per heavy atom. The van der Waals surface area contributed by atoms with Crippen molar-refractivity contribution in [1.29, 1.82) is 0 Å². The van der Waals surface area contributed by atoms with Gasteiger partial charge in [-0.15, -0.1) is 0 Å². The van der Waals surface area contributed by atoms with Gasteiger partial charge in [0.2, 0.25) is 0 Å². The van der Waals surface area contributed by atoms with Crippen molar-refractivity contribution in [3.63, 3.8) is 0 Å². The lowest BCUT2D eigenvalue weighted by Crippen LogP contribution is -2.30. The average Bonchev–Trinajstić information content (AvgIpc) is 3.15. The molecular formula is C48H92O6. The van der Waals surface area contributed by atoms with Crippen LogP contribution in [-0.4, -0.2) is 37.2 Å². The van der Waals surface area contributed by atoms with Gasteiger partial charge in [-0.2, -0.15) is 0 Å². The van der Waals surface area contributed by atoms with E-state index in [1.807, 2.05) is 0 Å². The van der Waals surface area contributed by atoms with Gasteiger partial charge in [-0.25, -0.2) is 0 Å². The van der Waals surface area contributed by atoms with E-state index < -0.39 is 6.10 Å². The monoisotopic (exact) mass is 765 g/mol. The molecule has 0 aliphatic rings. The fraction of sp³-hybridized carbons (Fsp3) is 0.938. The topological polar surface area (TPSA) is 78.9 Å². The van der Waals surface area contributed by atoms with E-state index in [2.05, 4.69) is 27.7 Å². The maximum absolute atomic E-state index is 12.7. The van der Waals surface area contributed by atoms with Gasteiger partial charge in [-0.3, -0.25) is 14.4 Å². The zero-order chi connectivity index (χ0) is 39.6. The number of unbranched alkanes of at least 4 members (excludes halogenated alkanes) is 30. The van der Waals surface area contributed by atoms with Crippen molar-refractivity contribution in [3.05, 3.63) is 0 Å². The fourth-order valence-corrected chi connectivity index (χ4v) is 7.16. The molecule has 0 aliphatic carbocycles. The summed E-state index contributed by atoms with van der Waals surface area (Å²) in [6.07, 6.45) is 42.4. The molecule has 0 unspecified atom stereocenters. The summed E-state index contributed by atoms with van der Waals surface area (Å²) >= 11 is 0. The quantitative estimate of drug-likeness (QED) is 0.0349. The molecule has 0 bridgehead atoms. The summed E-state index contributed by atoms with van der Waals surface area (Å²) in [7, 11) is 0. The van der Waals surface area contributed by atoms with Crippen LogP contribution in [0, 0.1) is 5.92 Å². The van der Waals surface area contributed by atoms with E-state index in [0.29, 0.717) is 19.3 Å². The number of ether oxygens (including phenoxy) is 3. The van der Waals surface area contributed by atoms with Crippen molar-refractivity contribution in [2.45, 2.75) is 271 Å². The van der Waals surface area contributed by atoms with E-state index in [1.165, 1.54) is 161 Å². The summed E-state index contributed by atoms with van der Waals surface area (Å²) < 4.78 is 16.7. The minimum atomic E-state index is -0.759. The molecule has 0 aromatic rings. The van der Waals surface area contributed by atoms with Crippen molar-refractivity contribution < 1.29 is 28.6 Å². The summed E-state index contributed by atoms with van der Waals surface area (Å²) in [6.45, 7) is 8.94. The molecule has 0 saturated carbocycles. The zero-order valence-corrected chi connectivity index (χ0v) is 36.7. The van der Waals surface area contributed by atoms with Crippen LogP contribution in [0.4, 0.5) is 0 Å². The van der Waals surface area contributed by atoms with E-state index in [4.69, 9.17) is 14.2 Å². The molecule has 54 heavy (non-hydrogen) atoms. The predicted octanol–water partition coefficient (Wildman–Crippen LogP) is 15.1. The second kappa shape index (κ2) is 42.6. The van der Waals surface area contributed by atoms with Gasteiger partial charge in [0.25, 0.3) is 0 Å². The lowest BCUT2D eigenvalue weighted by Gasteiger charge is -2.18. The Bertz CT molecular complexity index is 811. The highest BCUT2D eigenvalue weighted by atomic mass is 16.6. The molecule has 0 radical (unpaired) electrons. The molecule has 0 aromatic carbocycles. The minimum absolute atomic E-state index is 0.0643. The molecule has 0 heterocycles. The van der Waals surface area contributed by atoms with E-state index in [9.17, 15) is 14.4 Å². The van der Waals surface area contributed by atoms with E-state index in [0.717, 1.165) is 63.7 Å². The normalized spacial score (nSPS) is 11.9. The Morgan fingerprint density at radius 1 is 0.352 bits per heavy atom. The molecule has 0 fully saturated rings. The van der Waals surface area contributed by atoms with Gasteiger partial charge in [-0.1, -0.05) is 227 Å². The Labute approximate surface area is 336 Å². The molecule has 6 nitrogen and oxygen atoms in total. The number of esters is 3. The molecule has 0 saturated heterocycles. The molecule has 6 heteroatoms. The second-order valence-electron chi connectivity index (χ2n) is 16.9. The van der Waals surface area contributed by atoms with Crippen molar-refractivity contribution >= 4 is 17.9 Å². The summed E-state index contributed by atoms with van der Waals surface area (Å²) in [6, 6.07) is 0. The number of rotatable bonds is 43. The molecular weight excluding hydrogens is 673 g/mol. The molecule has 320 valence electrons. The first kappa shape index (κ1) is 52.4. The smallest absolute Gasteiger partial charge is 0.306 e. The Morgan fingerprint density at radius 2 is 0.611 bits per heavy atom. The maximum atomic E-state index is 12.7. The van der Waals surface area contributed by atoms with Crippen molar-refractivity contribution in [3.8, 4) is 0 Å². The molecule has 0 amide bonds.